The van der Waals surface area contributed by atoms with E-state index in [1.54, 1.807) is 0 Å². The standard InChI is InChI=1S/C18H37N3/c1-5-10-18(4,14-19-6-2)15-21-13-17-9-7-8-11-20(17)12-16(21)3/h16-17,19H,5-15H2,1-4H3. The monoisotopic (exact) mass is 295 g/mol. The molecule has 2 heterocycles. The molecular formula is C18H37N3. The van der Waals surface area contributed by atoms with Crippen molar-refractivity contribution in [1.82, 2.24) is 15.1 Å². The summed E-state index contributed by atoms with van der Waals surface area (Å²) in [7, 11) is 0. The van der Waals surface area contributed by atoms with E-state index in [0.717, 1.165) is 25.2 Å². The third kappa shape index (κ3) is 4.67. The maximum atomic E-state index is 3.60. The number of rotatable bonds is 7. The average Bonchev–Trinajstić information content (AvgIpc) is 2.46. The summed E-state index contributed by atoms with van der Waals surface area (Å²) in [6, 6.07) is 1.55. The number of nitrogens with one attached hydrogen (secondary N) is 1. The van der Waals surface area contributed by atoms with E-state index in [4.69, 9.17) is 0 Å². The van der Waals surface area contributed by atoms with E-state index in [2.05, 4.69) is 42.8 Å². The second-order valence-corrected chi connectivity index (χ2v) is 7.76. The number of hydrogen-bond acceptors (Lipinski definition) is 3. The van der Waals surface area contributed by atoms with Crippen LogP contribution in [0.4, 0.5) is 0 Å². The second kappa shape index (κ2) is 7.94. The highest BCUT2D eigenvalue weighted by Gasteiger charge is 2.36. The van der Waals surface area contributed by atoms with Crippen LogP contribution in [0.3, 0.4) is 0 Å². The summed E-state index contributed by atoms with van der Waals surface area (Å²) in [5.41, 5.74) is 0.426. The van der Waals surface area contributed by atoms with Crippen molar-refractivity contribution in [3.05, 3.63) is 0 Å². The van der Waals surface area contributed by atoms with Crippen LogP contribution in [0, 0.1) is 5.41 Å². The van der Waals surface area contributed by atoms with Crippen LogP contribution < -0.4 is 5.32 Å². The third-order valence-electron chi connectivity index (χ3n) is 5.56. The Bertz CT molecular complexity index is 307. The summed E-state index contributed by atoms with van der Waals surface area (Å²) in [6.07, 6.45) is 6.89. The molecule has 124 valence electrons. The van der Waals surface area contributed by atoms with Gasteiger partial charge in [-0.05, 0) is 44.7 Å². The molecule has 2 fully saturated rings. The van der Waals surface area contributed by atoms with Gasteiger partial charge >= 0.3 is 0 Å². The van der Waals surface area contributed by atoms with Crippen LogP contribution in [0.25, 0.3) is 0 Å². The van der Waals surface area contributed by atoms with Crippen LogP contribution in [0.1, 0.15) is 59.8 Å². The molecule has 2 aliphatic rings. The molecule has 0 amide bonds. The average molecular weight is 296 g/mol. The Morgan fingerprint density at radius 3 is 2.71 bits per heavy atom. The fraction of sp³-hybridized carbons (Fsp3) is 1.00. The molecule has 0 bridgehead atoms. The third-order valence-corrected chi connectivity index (χ3v) is 5.56. The van der Waals surface area contributed by atoms with E-state index < -0.39 is 0 Å². The summed E-state index contributed by atoms with van der Waals surface area (Å²) in [4.78, 5) is 5.55. The van der Waals surface area contributed by atoms with Crippen molar-refractivity contribution in [3.8, 4) is 0 Å². The van der Waals surface area contributed by atoms with Crippen molar-refractivity contribution in [2.45, 2.75) is 71.9 Å². The molecule has 1 N–H and O–H groups in total. The number of hydrogen-bond donors (Lipinski definition) is 1. The molecule has 3 nitrogen and oxygen atoms in total. The quantitative estimate of drug-likeness (QED) is 0.779. The van der Waals surface area contributed by atoms with Gasteiger partial charge in [0.25, 0.3) is 0 Å². The van der Waals surface area contributed by atoms with E-state index in [1.165, 1.54) is 58.3 Å². The first kappa shape index (κ1) is 17.2. The van der Waals surface area contributed by atoms with Gasteiger partial charge in [0.2, 0.25) is 0 Å². The lowest BCUT2D eigenvalue weighted by Crippen LogP contribution is -2.60. The van der Waals surface area contributed by atoms with Gasteiger partial charge in [0.15, 0.2) is 0 Å². The highest BCUT2D eigenvalue weighted by atomic mass is 15.3. The zero-order valence-corrected chi connectivity index (χ0v) is 14.8. The summed E-state index contributed by atoms with van der Waals surface area (Å²) < 4.78 is 0. The van der Waals surface area contributed by atoms with Gasteiger partial charge in [0, 0.05) is 38.3 Å². The molecule has 3 heteroatoms. The van der Waals surface area contributed by atoms with Crippen LogP contribution in [-0.2, 0) is 0 Å². The van der Waals surface area contributed by atoms with Crippen molar-refractivity contribution < 1.29 is 0 Å². The predicted octanol–water partition coefficient (Wildman–Crippen LogP) is 2.96. The van der Waals surface area contributed by atoms with Gasteiger partial charge in [0.1, 0.15) is 0 Å². The second-order valence-electron chi connectivity index (χ2n) is 7.76. The number of fused-ring (bicyclic) bond motifs is 1. The number of piperazine rings is 1. The first-order valence-electron chi connectivity index (χ1n) is 9.27. The van der Waals surface area contributed by atoms with Crippen molar-refractivity contribution in [1.29, 1.82) is 0 Å². The molecule has 3 atom stereocenters. The van der Waals surface area contributed by atoms with Crippen molar-refractivity contribution in [3.63, 3.8) is 0 Å². The maximum Gasteiger partial charge on any atom is 0.0223 e. The molecule has 2 aliphatic heterocycles. The number of nitrogens with zero attached hydrogens (tertiary/aromatic N) is 2. The van der Waals surface area contributed by atoms with E-state index in [-0.39, 0.29) is 0 Å². The lowest BCUT2D eigenvalue weighted by Gasteiger charge is -2.50. The zero-order chi connectivity index (χ0) is 15.3. The Morgan fingerprint density at radius 1 is 1.19 bits per heavy atom. The molecule has 2 saturated heterocycles. The number of piperidine rings is 1. The lowest BCUT2D eigenvalue weighted by atomic mass is 9.83. The predicted molar refractivity (Wildman–Crippen MR) is 91.8 cm³/mol. The van der Waals surface area contributed by atoms with E-state index in [9.17, 15) is 0 Å². The fourth-order valence-corrected chi connectivity index (χ4v) is 4.38. The smallest absolute Gasteiger partial charge is 0.0223 e. The van der Waals surface area contributed by atoms with Crippen molar-refractivity contribution in [2.75, 3.05) is 39.3 Å². The highest BCUT2D eigenvalue weighted by molar-refractivity contribution is 4.92. The summed E-state index contributed by atoms with van der Waals surface area (Å²) in [5.74, 6) is 0. The molecule has 0 saturated carbocycles. The Labute approximate surface area is 132 Å². The lowest BCUT2D eigenvalue weighted by molar-refractivity contribution is -0.00588. The first-order chi connectivity index (χ1) is 10.1. The van der Waals surface area contributed by atoms with Gasteiger partial charge in [-0.2, -0.15) is 0 Å². The molecular weight excluding hydrogens is 258 g/mol. The first-order valence-corrected chi connectivity index (χ1v) is 9.27. The van der Waals surface area contributed by atoms with Crippen molar-refractivity contribution in [2.24, 2.45) is 5.41 Å². The molecule has 0 radical (unpaired) electrons. The van der Waals surface area contributed by atoms with Gasteiger partial charge in [-0.25, -0.2) is 0 Å². The molecule has 3 unspecified atom stereocenters. The largest absolute Gasteiger partial charge is 0.316 e. The van der Waals surface area contributed by atoms with Crippen LogP contribution in [0.15, 0.2) is 0 Å². The van der Waals surface area contributed by atoms with Gasteiger partial charge in [-0.15, -0.1) is 0 Å². The molecule has 2 rings (SSSR count). The van der Waals surface area contributed by atoms with Gasteiger partial charge in [-0.1, -0.05) is 33.6 Å². The SMILES string of the molecule is CCCC(C)(CNCC)CN1CC2CCCCN2CC1C. The highest BCUT2D eigenvalue weighted by Crippen LogP contribution is 2.29. The Morgan fingerprint density at radius 2 is 2.00 bits per heavy atom. The van der Waals surface area contributed by atoms with E-state index in [1.807, 2.05) is 0 Å². The van der Waals surface area contributed by atoms with Crippen LogP contribution in [0.5, 0.6) is 0 Å². The van der Waals surface area contributed by atoms with Gasteiger partial charge in [-0.3, -0.25) is 9.80 Å². The molecule has 0 aliphatic carbocycles. The van der Waals surface area contributed by atoms with Gasteiger partial charge in [0.05, 0.1) is 0 Å². The normalized spacial score (nSPS) is 30.9. The molecule has 0 spiro atoms. The van der Waals surface area contributed by atoms with Crippen LogP contribution in [-0.4, -0.2) is 61.2 Å². The maximum absolute atomic E-state index is 3.60. The minimum atomic E-state index is 0.426. The van der Waals surface area contributed by atoms with E-state index >= 15 is 0 Å². The molecule has 21 heavy (non-hydrogen) atoms. The fourth-order valence-electron chi connectivity index (χ4n) is 4.38. The summed E-state index contributed by atoms with van der Waals surface area (Å²) in [6.45, 7) is 16.9. The molecule has 0 aromatic carbocycles. The zero-order valence-electron chi connectivity index (χ0n) is 14.8. The van der Waals surface area contributed by atoms with Crippen molar-refractivity contribution >= 4 is 0 Å². The van der Waals surface area contributed by atoms with Gasteiger partial charge < -0.3 is 5.32 Å². The van der Waals surface area contributed by atoms with Crippen LogP contribution >= 0.6 is 0 Å². The summed E-state index contributed by atoms with van der Waals surface area (Å²) >= 11 is 0. The Hall–Kier alpha value is -0.120. The Balaban J connectivity index is 1.95. The minimum absolute atomic E-state index is 0.426. The minimum Gasteiger partial charge on any atom is -0.316 e. The Kier molecular flexibility index (Phi) is 6.51. The van der Waals surface area contributed by atoms with Crippen LogP contribution in [0.2, 0.25) is 0 Å². The molecule has 0 aromatic rings. The summed E-state index contributed by atoms with van der Waals surface area (Å²) in [5, 5.41) is 3.60. The topological polar surface area (TPSA) is 18.5 Å². The molecule has 0 aromatic heterocycles. The van der Waals surface area contributed by atoms with E-state index in [0.29, 0.717) is 5.41 Å².